The van der Waals surface area contributed by atoms with Crippen LogP contribution in [0.4, 0.5) is 4.79 Å². The Morgan fingerprint density at radius 3 is 2.47 bits per heavy atom. The quantitative estimate of drug-likeness (QED) is 0.567. The first kappa shape index (κ1) is 25.3. The average molecular weight is 457 g/mol. The van der Waals surface area contributed by atoms with Gasteiger partial charge in [0.15, 0.2) is 8.32 Å². The number of carbonyl (C=O) groups is 1. The normalized spacial score (nSPS) is 19.7. The SMILES string of the molecule is Cc1nc([C@H](O)[C@@H]2CCCCN2C(=O)OC(C)(C)C)sc1CO[Si](C)(C)C(C)(C)C. The molecule has 1 amide bonds. The standard InChI is InChI=1S/C22H40N2O4SSi/c1-15-17(14-27-30(8,9)22(5,6)7)29-19(23-15)18(25)16-12-10-11-13-24(16)20(26)28-21(2,3)4/h16,18,25H,10-14H2,1-9H3/t16-,18+/m0/s1. The van der Waals surface area contributed by atoms with E-state index in [9.17, 15) is 9.90 Å². The number of aliphatic hydroxyl groups excluding tert-OH is 1. The van der Waals surface area contributed by atoms with Gasteiger partial charge in [-0.25, -0.2) is 9.78 Å². The van der Waals surface area contributed by atoms with E-state index in [1.165, 1.54) is 11.3 Å². The molecule has 30 heavy (non-hydrogen) atoms. The van der Waals surface area contributed by atoms with Crippen LogP contribution < -0.4 is 0 Å². The molecule has 1 aromatic heterocycles. The Hall–Kier alpha value is -0.963. The number of amides is 1. The van der Waals surface area contributed by atoms with Gasteiger partial charge in [-0.15, -0.1) is 11.3 Å². The zero-order valence-electron chi connectivity index (χ0n) is 20.2. The van der Waals surface area contributed by atoms with Crippen LogP contribution in [0.3, 0.4) is 0 Å². The van der Waals surface area contributed by atoms with Crippen LogP contribution in [0.2, 0.25) is 18.1 Å². The van der Waals surface area contributed by atoms with Crippen molar-refractivity contribution < 1.29 is 19.1 Å². The lowest BCUT2D eigenvalue weighted by atomic mass is 9.98. The molecule has 172 valence electrons. The molecule has 0 aliphatic carbocycles. The molecule has 1 aromatic rings. The summed E-state index contributed by atoms with van der Waals surface area (Å²) in [6.45, 7) is 19.8. The van der Waals surface area contributed by atoms with E-state index in [0.717, 1.165) is 29.8 Å². The number of piperidine rings is 1. The molecule has 1 fully saturated rings. The fourth-order valence-corrected chi connectivity index (χ4v) is 5.24. The summed E-state index contributed by atoms with van der Waals surface area (Å²) in [6.07, 6.45) is 1.47. The van der Waals surface area contributed by atoms with Crippen molar-refractivity contribution in [2.24, 2.45) is 0 Å². The number of likely N-dealkylation sites (tertiary alicyclic amines) is 1. The predicted molar refractivity (Wildman–Crippen MR) is 124 cm³/mol. The Kier molecular flexibility index (Phi) is 7.81. The lowest BCUT2D eigenvalue weighted by Gasteiger charge is -2.38. The maximum Gasteiger partial charge on any atom is 0.410 e. The van der Waals surface area contributed by atoms with Crippen LogP contribution in [0.15, 0.2) is 0 Å². The predicted octanol–water partition coefficient (Wildman–Crippen LogP) is 5.80. The first-order valence-corrected chi connectivity index (χ1v) is 14.6. The lowest BCUT2D eigenvalue weighted by molar-refractivity contribution is -0.0169. The Morgan fingerprint density at radius 2 is 1.90 bits per heavy atom. The first-order valence-electron chi connectivity index (χ1n) is 10.9. The van der Waals surface area contributed by atoms with Gasteiger partial charge in [-0.05, 0) is 65.1 Å². The fourth-order valence-electron chi connectivity index (χ4n) is 3.17. The van der Waals surface area contributed by atoms with Crippen molar-refractivity contribution in [3.05, 3.63) is 15.6 Å². The summed E-state index contributed by atoms with van der Waals surface area (Å²) in [5.41, 5.74) is 0.336. The summed E-state index contributed by atoms with van der Waals surface area (Å²) in [7, 11) is -1.86. The molecule has 0 saturated carbocycles. The zero-order chi connectivity index (χ0) is 22.9. The molecular weight excluding hydrogens is 416 g/mol. The number of thiazole rings is 1. The van der Waals surface area contributed by atoms with Crippen LogP contribution in [-0.4, -0.2) is 47.6 Å². The highest BCUT2D eigenvalue weighted by molar-refractivity contribution is 7.11. The van der Waals surface area contributed by atoms with Gasteiger partial charge in [0.2, 0.25) is 0 Å². The number of rotatable bonds is 5. The largest absolute Gasteiger partial charge is 0.444 e. The maximum absolute atomic E-state index is 12.7. The third-order valence-electron chi connectivity index (χ3n) is 6.07. The molecular formula is C22H40N2O4SSi. The van der Waals surface area contributed by atoms with Crippen LogP contribution in [0, 0.1) is 6.92 Å². The molecule has 1 saturated heterocycles. The Labute approximate surface area is 187 Å². The van der Waals surface area contributed by atoms with Crippen molar-refractivity contribution in [1.29, 1.82) is 0 Å². The topological polar surface area (TPSA) is 71.9 Å². The van der Waals surface area contributed by atoms with E-state index in [4.69, 9.17) is 9.16 Å². The van der Waals surface area contributed by atoms with Gasteiger partial charge in [0.1, 0.15) is 16.7 Å². The summed E-state index contributed by atoms with van der Waals surface area (Å²) < 4.78 is 11.9. The summed E-state index contributed by atoms with van der Waals surface area (Å²) in [5, 5.41) is 11.9. The van der Waals surface area contributed by atoms with Crippen molar-refractivity contribution >= 4 is 25.7 Å². The number of aromatic nitrogens is 1. The second-order valence-electron chi connectivity index (χ2n) is 10.8. The van der Waals surface area contributed by atoms with Crippen LogP contribution in [-0.2, 0) is 15.8 Å². The van der Waals surface area contributed by atoms with E-state index in [0.29, 0.717) is 18.2 Å². The molecule has 2 atom stereocenters. The highest BCUT2D eigenvalue weighted by atomic mass is 32.1. The van der Waals surface area contributed by atoms with Crippen LogP contribution in [0.25, 0.3) is 0 Å². The molecule has 6 nitrogen and oxygen atoms in total. The van der Waals surface area contributed by atoms with E-state index >= 15 is 0 Å². The van der Waals surface area contributed by atoms with Crippen LogP contribution >= 0.6 is 11.3 Å². The summed E-state index contributed by atoms with van der Waals surface area (Å²) in [4.78, 5) is 20.1. The van der Waals surface area contributed by atoms with Crippen molar-refractivity contribution in [3.8, 4) is 0 Å². The van der Waals surface area contributed by atoms with Gasteiger partial charge in [-0.2, -0.15) is 0 Å². The minimum Gasteiger partial charge on any atom is -0.444 e. The van der Waals surface area contributed by atoms with Crippen molar-refractivity contribution in [3.63, 3.8) is 0 Å². The molecule has 2 heterocycles. The van der Waals surface area contributed by atoms with E-state index in [1.807, 2.05) is 27.7 Å². The van der Waals surface area contributed by atoms with Crippen molar-refractivity contribution in [2.75, 3.05) is 6.54 Å². The van der Waals surface area contributed by atoms with Crippen LogP contribution in [0.5, 0.6) is 0 Å². The molecule has 8 heteroatoms. The van der Waals surface area contributed by atoms with E-state index in [1.54, 1.807) is 4.90 Å². The van der Waals surface area contributed by atoms with Gasteiger partial charge < -0.3 is 19.2 Å². The third-order valence-corrected chi connectivity index (χ3v) is 11.8. The number of nitrogens with zero attached hydrogens (tertiary/aromatic N) is 2. The lowest BCUT2D eigenvalue weighted by Crippen LogP contribution is -2.48. The molecule has 1 aliphatic heterocycles. The minimum atomic E-state index is -1.86. The van der Waals surface area contributed by atoms with Gasteiger partial charge in [0.25, 0.3) is 0 Å². The number of aryl methyl sites for hydroxylation is 1. The molecule has 1 aliphatic rings. The van der Waals surface area contributed by atoms with Crippen LogP contribution in [0.1, 0.15) is 82.5 Å². The molecule has 0 bridgehead atoms. The third kappa shape index (κ3) is 6.28. The number of ether oxygens (including phenoxy) is 1. The second kappa shape index (κ2) is 9.26. The van der Waals surface area contributed by atoms with Gasteiger partial charge in [0.05, 0.1) is 23.2 Å². The molecule has 0 radical (unpaired) electrons. The minimum absolute atomic E-state index is 0.143. The molecule has 2 rings (SSSR count). The molecule has 1 N–H and O–H groups in total. The molecule has 0 aromatic carbocycles. The molecule has 0 unspecified atom stereocenters. The summed E-state index contributed by atoms with van der Waals surface area (Å²) in [6, 6.07) is -0.312. The Bertz CT molecular complexity index is 736. The second-order valence-corrected chi connectivity index (χ2v) is 16.7. The highest BCUT2D eigenvalue weighted by Crippen LogP contribution is 2.38. The zero-order valence-corrected chi connectivity index (χ0v) is 22.0. The Balaban J connectivity index is 2.14. The van der Waals surface area contributed by atoms with Gasteiger partial charge in [-0.3, -0.25) is 0 Å². The number of carbonyl (C=O) groups excluding carboxylic acids is 1. The first-order chi connectivity index (χ1) is 13.6. The smallest absolute Gasteiger partial charge is 0.410 e. The average Bonchev–Trinajstić information content (AvgIpc) is 2.98. The van der Waals surface area contributed by atoms with Gasteiger partial charge in [-0.1, -0.05) is 20.8 Å². The van der Waals surface area contributed by atoms with E-state index in [2.05, 4.69) is 38.8 Å². The maximum atomic E-state index is 12.7. The van der Waals surface area contributed by atoms with Crippen molar-refractivity contribution in [1.82, 2.24) is 9.88 Å². The summed E-state index contributed by atoms with van der Waals surface area (Å²) >= 11 is 1.50. The number of hydrogen-bond acceptors (Lipinski definition) is 6. The Morgan fingerprint density at radius 1 is 1.27 bits per heavy atom. The summed E-state index contributed by atoms with van der Waals surface area (Å²) in [5.74, 6) is 0. The molecule has 0 spiro atoms. The van der Waals surface area contributed by atoms with Gasteiger partial charge >= 0.3 is 6.09 Å². The monoisotopic (exact) mass is 456 g/mol. The van der Waals surface area contributed by atoms with E-state index in [-0.39, 0.29) is 17.2 Å². The fraction of sp³-hybridized carbons (Fsp3) is 0.818. The van der Waals surface area contributed by atoms with E-state index < -0.39 is 20.0 Å². The highest BCUT2D eigenvalue weighted by Gasteiger charge is 2.39. The van der Waals surface area contributed by atoms with Gasteiger partial charge in [0, 0.05) is 6.54 Å². The van der Waals surface area contributed by atoms with Crippen molar-refractivity contribution in [2.45, 2.75) is 110 Å². The number of hydrogen-bond donors (Lipinski definition) is 1. The number of aliphatic hydroxyl groups is 1.